The number of carbonyl (C=O) groups excluding carboxylic acids is 2. The van der Waals surface area contributed by atoms with Crippen molar-refractivity contribution in [3.63, 3.8) is 0 Å². The normalized spacial score (nSPS) is 12.2. The van der Waals surface area contributed by atoms with Gasteiger partial charge in [-0.2, -0.15) is 0 Å². The molecule has 0 aliphatic carbocycles. The number of aliphatic hydroxyl groups excluding tert-OH is 1. The van der Waals surface area contributed by atoms with Gasteiger partial charge in [0.25, 0.3) is 0 Å². The summed E-state index contributed by atoms with van der Waals surface area (Å²) in [5.41, 5.74) is 5.29. The minimum Gasteiger partial charge on any atom is -0.494 e. The van der Waals surface area contributed by atoms with Crippen LogP contribution in [0.5, 0.6) is 5.75 Å². The van der Waals surface area contributed by atoms with Crippen molar-refractivity contribution >= 4 is 17.9 Å². The molecule has 1 atom stereocenters. The van der Waals surface area contributed by atoms with Gasteiger partial charge in [0.2, 0.25) is 11.8 Å². The Kier molecular flexibility index (Phi) is 5.67. The van der Waals surface area contributed by atoms with Crippen LogP contribution in [0.1, 0.15) is 5.56 Å². The maximum atomic E-state index is 13.4. The van der Waals surface area contributed by atoms with E-state index in [1.165, 1.54) is 25.3 Å². The van der Waals surface area contributed by atoms with E-state index < -0.39 is 23.7 Å². The molecule has 2 amide bonds. The molecule has 4 N–H and O–H groups in total. The lowest BCUT2D eigenvalue weighted by Gasteiger charge is -2.06. The fourth-order valence-electron chi connectivity index (χ4n) is 1.31. The summed E-state index contributed by atoms with van der Waals surface area (Å²) in [7, 11) is 1.35. The highest BCUT2D eigenvalue weighted by molar-refractivity contribution is 5.92. The van der Waals surface area contributed by atoms with Gasteiger partial charge in [0.15, 0.2) is 11.6 Å². The molecular weight excluding hydrogens is 267 g/mol. The lowest BCUT2D eigenvalue weighted by molar-refractivity contribution is -0.126. The highest BCUT2D eigenvalue weighted by Crippen LogP contribution is 2.18. The van der Waals surface area contributed by atoms with E-state index >= 15 is 0 Å². The Labute approximate surface area is 115 Å². The minimum atomic E-state index is -1.44. The predicted molar refractivity (Wildman–Crippen MR) is 70.2 cm³/mol. The van der Waals surface area contributed by atoms with Gasteiger partial charge >= 0.3 is 0 Å². The van der Waals surface area contributed by atoms with Crippen LogP contribution < -0.4 is 15.8 Å². The third-order valence-electron chi connectivity index (χ3n) is 2.40. The molecule has 0 radical (unpaired) electrons. The second kappa shape index (κ2) is 7.25. The zero-order valence-corrected chi connectivity index (χ0v) is 10.8. The van der Waals surface area contributed by atoms with Gasteiger partial charge < -0.3 is 20.9 Å². The molecule has 0 bridgehead atoms. The molecule has 0 fully saturated rings. The first-order chi connectivity index (χ1) is 9.43. The van der Waals surface area contributed by atoms with Crippen LogP contribution in [0.2, 0.25) is 0 Å². The number of hydrogen-bond donors (Lipinski definition) is 3. The van der Waals surface area contributed by atoms with Gasteiger partial charge in [0.05, 0.1) is 13.7 Å². The second-order valence-electron chi connectivity index (χ2n) is 3.89. The number of amides is 2. The number of nitrogens with two attached hydrogens (primary N) is 1. The zero-order valence-electron chi connectivity index (χ0n) is 10.8. The fourth-order valence-corrected chi connectivity index (χ4v) is 1.31. The average molecular weight is 282 g/mol. The van der Waals surface area contributed by atoms with Crippen LogP contribution in [-0.4, -0.2) is 36.7 Å². The summed E-state index contributed by atoms with van der Waals surface area (Å²) in [5, 5.41) is 11.4. The Bertz CT molecular complexity index is 531. The first-order valence-corrected chi connectivity index (χ1v) is 5.71. The largest absolute Gasteiger partial charge is 0.494 e. The summed E-state index contributed by atoms with van der Waals surface area (Å²) in [6.07, 6.45) is 1.09. The fraction of sp³-hybridized carbons (Fsp3) is 0.231. The Morgan fingerprint density at radius 1 is 1.55 bits per heavy atom. The van der Waals surface area contributed by atoms with Crippen molar-refractivity contribution in [1.82, 2.24) is 5.32 Å². The highest BCUT2D eigenvalue weighted by Gasteiger charge is 2.10. The van der Waals surface area contributed by atoms with Crippen molar-refractivity contribution in [2.24, 2.45) is 5.73 Å². The van der Waals surface area contributed by atoms with E-state index in [9.17, 15) is 14.0 Å². The molecule has 20 heavy (non-hydrogen) atoms. The van der Waals surface area contributed by atoms with Gasteiger partial charge in [-0.1, -0.05) is 6.07 Å². The SMILES string of the molecule is COc1ccc(/C=C/C(=O)NCC(O)C(N)=O)cc1F. The Balaban J connectivity index is 2.57. The molecule has 1 unspecified atom stereocenters. The Morgan fingerprint density at radius 3 is 2.80 bits per heavy atom. The number of ether oxygens (including phenoxy) is 1. The topological polar surface area (TPSA) is 102 Å². The number of primary amides is 1. The molecule has 7 heteroatoms. The van der Waals surface area contributed by atoms with E-state index in [2.05, 4.69) is 5.32 Å². The lowest BCUT2D eigenvalue weighted by Crippen LogP contribution is -2.39. The van der Waals surface area contributed by atoms with E-state index in [1.807, 2.05) is 0 Å². The second-order valence-corrected chi connectivity index (χ2v) is 3.89. The van der Waals surface area contributed by atoms with E-state index in [0.29, 0.717) is 5.56 Å². The van der Waals surface area contributed by atoms with E-state index in [0.717, 1.165) is 6.08 Å². The van der Waals surface area contributed by atoms with Crippen LogP contribution in [0.3, 0.4) is 0 Å². The van der Waals surface area contributed by atoms with Gasteiger partial charge in [-0.25, -0.2) is 4.39 Å². The summed E-state index contributed by atoms with van der Waals surface area (Å²) in [4.78, 5) is 21.9. The molecule has 108 valence electrons. The molecule has 0 aromatic heterocycles. The average Bonchev–Trinajstić information content (AvgIpc) is 2.42. The standard InChI is InChI=1S/C13H15FN2O4/c1-20-11-4-2-8(6-9(11)14)3-5-12(18)16-7-10(17)13(15)19/h2-6,10,17H,7H2,1H3,(H2,15,19)(H,16,18)/b5-3+. The van der Waals surface area contributed by atoms with E-state index in [1.54, 1.807) is 6.07 Å². The maximum Gasteiger partial charge on any atom is 0.248 e. The van der Waals surface area contributed by atoms with Gasteiger partial charge in [-0.3, -0.25) is 9.59 Å². The number of methoxy groups -OCH3 is 1. The summed E-state index contributed by atoms with van der Waals surface area (Å²) < 4.78 is 18.1. The number of benzene rings is 1. The molecular formula is C13H15FN2O4. The number of halogens is 1. The quantitative estimate of drug-likeness (QED) is 0.629. The third-order valence-corrected chi connectivity index (χ3v) is 2.40. The summed E-state index contributed by atoms with van der Waals surface area (Å²) >= 11 is 0. The zero-order chi connectivity index (χ0) is 15.1. The smallest absolute Gasteiger partial charge is 0.248 e. The number of hydrogen-bond acceptors (Lipinski definition) is 4. The van der Waals surface area contributed by atoms with Gasteiger partial charge in [-0.15, -0.1) is 0 Å². The molecule has 1 rings (SSSR count). The van der Waals surface area contributed by atoms with Crippen LogP contribution in [0, 0.1) is 5.82 Å². The first kappa shape index (κ1) is 15.6. The van der Waals surface area contributed by atoms with Crippen molar-refractivity contribution in [3.05, 3.63) is 35.7 Å². The van der Waals surface area contributed by atoms with Crippen molar-refractivity contribution in [1.29, 1.82) is 0 Å². The molecule has 0 saturated heterocycles. The van der Waals surface area contributed by atoms with Crippen LogP contribution in [0.25, 0.3) is 6.08 Å². The van der Waals surface area contributed by atoms with E-state index in [4.69, 9.17) is 15.6 Å². The van der Waals surface area contributed by atoms with Crippen LogP contribution >= 0.6 is 0 Å². The summed E-state index contributed by atoms with van der Waals surface area (Å²) in [6, 6.07) is 4.22. The predicted octanol–water partition coefficient (Wildman–Crippen LogP) is -0.190. The number of carbonyl (C=O) groups is 2. The molecule has 6 nitrogen and oxygen atoms in total. The van der Waals surface area contributed by atoms with Crippen molar-refractivity contribution in [2.75, 3.05) is 13.7 Å². The van der Waals surface area contributed by atoms with Gasteiger partial charge in [0, 0.05) is 6.08 Å². The van der Waals surface area contributed by atoms with Crippen molar-refractivity contribution < 1.29 is 23.8 Å². The Hall–Kier alpha value is -2.41. The molecule has 0 aliphatic heterocycles. The Morgan fingerprint density at radius 2 is 2.25 bits per heavy atom. The third kappa shape index (κ3) is 4.69. The first-order valence-electron chi connectivity index (χ1n) is 5.71. The maximum absolute atomic E-state index is 13.4. The molecule has 0 heterocycles. The summed E-state index contributed by atoms with van der Waals surface area (Å²) in [5.74, 6) is -1.90. The summed E-state index contributed by atoms with van der Waals surface area (Å²) in [6.45, 7) is -0.282. The molecule has 1 aromatic rings. The van der Waals surface area contributed by atoms with Gasteiger partial charge in [-0.05, 0) is 23.8 Å². The molecule has 0 aliphatic rings. The monoisotopic (exact) mass is 282 g/mol. The van der Waals surface area contributed by atoms with Crippen LogP contribution in [0.4, 0.5) is 4.39 Å². The highest BCUT2D eigenvalue weighted by atomic mass is 19.1. The van der Waals surface area contributed by atoms with Crippen molar-refractivity contribution in [2.45, 2.75) is 6.10 Å². The molecule has 0 spiro atoms. The van der Waals surface area contributed by atoms with Crippen LogP contribution in [-0.2, 0) is 9.59 Å². The minimum absolute atomic E-state index is 0.108. The molecule has 0 saturated carbocycles. The number of aliphatic hydroxyl groups is 1. The number of nitrogens with one attached hydrogen (secondary N) is 1. The van der Waals surface area contributed by atoms with E-state index in [-0.39, 0.29) is 12.3 Å². The lowest BCUT2D eigenvalue weighted by atomic mass is 10.2. The number of rotatable bonds is 6. The van der Waals surface area contributed by atoms with Crippen LogP contribution in [0.15, 0.2) is 24.3 Å². The van der Waals surface area contributed by atoms with Gasteiger partial charge in [0.1, 0.15) is 6.10 Å². The molecule has 1 aromatic carbocycles. The van der Waals surface area contributed by atoms with Crippen molar-refractivity contribution in [3.8, 4) is 5.75 Å².